The summed E-state index contributed by atoms with van der Waals surface area (Å²) in [6.45, 7) is 6.35. The predicted octanol–water partition coefficient (Wildman–Crippen LogP) is 3.78. The molecule has 0 aromatic heterocycles. The molecule has 12 heavy (non-hydrogen) atoms. The van der Waals surface area contributed by atoms with Crippen molar-refractivity contribution in [1.82, 2.24) is 0 Å². The summed E-state index contributed by atoms with van der Waals surface area (Å²) >= 11 is 0. The van der Waals surface area contributed by atoms with Crippen LogP contribution in [0.3, 0.4) is 0 Å². The van der Waals surface area contributed by atoms with E-state index >= 15 is 0 Å². The third kappa shape index (κ3) is 2.02. The molecule has 0 unspecified atom stereocenters. The molecule has 0 spiro atoms. The van der Waals surface area contributed by atoms with Gasteiger partial charge in [-0.2, -0.15) is 0 Å². The van der Waals surface area contributed by atoms with Gasteiger partial charge in [0.1, 0.15) is 0 Å². The Kier molecular flexibility index (Phi) is 3.21. The molecule has 0 atom stereocenters. The number of hydrogen-bond acceptors (Lipinski definition) is 0. The molecule has 1 heterocycles. The Morgan fingerprint density at radius 2 is 1.67 bits per heavy atom. The van der Waals surface area contributed by atoms with Gasteiger partial charge >= 0.3 is 77.4 Å². The second kappa shape index (κ2) is 3.66. The van der Waals surface area contributed by atoms with Crippen molar-refractivity contribution < 1.29 is 0 Å². The van der Waals surface area contributed by atoms with E-state index in [0.29, 0.717) is 0 Å². The summed E-state index contributed by atoms with van der Waals surface area (Å²) in [6, 6.07) is 0. The zero-order valence-corrected chi connectivity index (χ0v) is 10.00. The van der Waals surface area contributed by atoms with Gasteiger partial charge in [-0.3, -0.25) is 0 Å². The molecule has 74 valence electrons. The van der Waals surface area contributed by atoms with Crippen molar-refractivity contribution in [2.75, 3.05) is 31.3 Å². The summed E-state index contributed by atoms with van der Waals surface area (Å²) in [5, 5.41) is 0. The molecule has 0 aromatic carbocycles. The Bertz CT molecular complexity index is 145. The van der Waals surface area contributed by atoms with Crippen molar-refractivity contribution in [2.24, 2.45) is 0 Å². The fourth-order valence-electron chi connectivity index (χ4n) is 2.67. The van der Waals surface area contributed by atoms with E-state index in [1.54, 1.807) is 18.5 Å². The summed E-state index contributed by atoms with van der Waals surface area (Å²) in [7, 11) is 0. The van der Waals surface area contributed by atoms with Crippen molar-refractivity contribution in [1.29, 1.82) is 0 Å². The zero-order valence-electron chi connectivity index (χ0n) is 9.10. The number of hydrogen-bond donors (Lipinski definition) is 0. The SMILES string of the molecule is CCCCP1(C)(CC)CCCC1. The van der Waals surface area contributed by atoms with Gasteiger partial charge in [0.15, 0.2) is 0 Å². The van der Waals surface area contributed by atoms with Crippen molar-refractivity contribution in [2.45, 2.75) is 39.5 Å². The Hall–Kier alpha value is 0.430. The molecule has 0 aromatic rings. The fourth-order valence-corrected chi connectivity index (χ4v) is 8.02. The Balaban J connectivity index is 2.59. The van der Waals surface area contributed by atoms with Crippen LogP contribution in [0.15, 0.2) is 0 Å². The van der Waals surface area contributed by atoms with E-state index in [0.717, 1.165) is 0 Å². The Morgan fingerprint density at radius 3 is 2.08 bits per heavy atom. The van der Waals surface area contributed by atoms with Gasteiger partial charge < -0.3 is 0 Å². The van der Waals surface area contributed by atoms with E-state index in [9.17, 15) is 0 Å². The first-order chi connectivity index (χ1) is 5.63. The third-order valence-corrected chi connectivity index (χ3v) is 11.3. The first-order valence-electron chi connectivity index (χ1n) is 5.63. The van der Waals surface area contributed by atoms with Gasteiger partial charge in [-0.1, -0.05) is 0 Å². The van der Waals surface area contributed by atoms with E-state index in [1.807, 2.05) is 0 Å². The predicted molar refractivity (Wildman–Crippen MR) is 62.1 cm³/mol. The van der Waals surface area contributed by atoms with Crippen LogP contribution in [0.25, 0.3) is 0 Å². The molecular formula is C11H25P. The van der Waals surface area contributed by atoms with E-state index in [4.69, 9.17) is 0 Å². The summed E-state index contributed by atoms with van der Waals surface area (Å²) < 4.78 is 0. The van der Waals surface area contributed by atoms with Gasteiger partial charge in [0, 0.05) is 0 Å². The topological polar surface area (TPSA) is 0 Å². The van der Waals surface area contributed by atoms with Gasteiger partial charge in [0.05, 0.1) is 0 Å². The van der Waals surface area contributed by atoms with Crippen molar-refractivity contribution in [3.8, 4) is 0 Å². The average molecular weight is 188 g/mol. The van der Waals surface area contributed by atoms with E-state index in [1.165, 1.54) is 31.8 Å². The monoisotopic (exact) mass is 188 g/mol. The third-order valence-electron chi connectivity index (χ3n) is 4.16. The van der Waals surface area contributed by atoms with Crippen molar-refractivity contribution >= 4 is 6.60 Å². The summed E-state index contributed by atoms with van der Waals surface area (Å²) in [5.41, 5.74) is 0. The molecule has 0 amide bonds. The molecule has 1 aliphatic heterocycles. The standard InChI is InChI=1S/C11H25P/c1-4-6-9-12(3,5-2)10-7-8-11-12/h4-11H2,1-3H3. The fraction of sp³-hybridized carbons (Fsp3) is 1.00. The van der Waals surface area contributed by atoms with Crippen LogP contribution >= 0.6 is 6.60 Å². The maximum absolute atomic E-state index is 2.67. The minimum absolute atomic E-state index is 1.09. The molecule has 1 aliphatic rings. The molecule has 0 radical (unpaired) electrons. The van der Waals surface area contributed by atoms with Crippen LogP contribution in [0.2, 0.25) is 0 Å². The molecule has 1 fully saturated rings. The number of unbranched alkanes of at least 4 members (excludes halogenated alkanes) is 1. The van der Waals surface area contributed by atoms with Gasteiger partial charge in [0.25, 0.3) is 0 Å². The first kappa shape index (κ1) is 10.5. The molecule has 1 heteroatoms. The van der Waals surface area contributed by atoms with Crippen LogP contribution in [-0.4, -0.2) is 31.3 Å². The molecule has 1 rings (SSSR count). The summed E-state index contributed by atoms with van der Waals surface area (Å²) in [6.07, 6.45) is 12.3. The van der Waals surface area contributed by atoms with Crippen LogP contribution in [0.1, 0.15) is 39.5 Å². The second-order valence-corrected chi connectivity index (χ2v) is 12.3. The molecule has 0 nitrogen and oxygen atoms in total. The van der Waals surface area contributed by atoms with E-state index < -0.39 is 6.60 Å². The molecule has 0 saturated carbocycles. The normalized spacial score (nSPS) is 29.4. The maximum atomic E-state index is 2.67. The molecule has 1 saturated heterocycles. The van der Waals surface area contributed by atoms with Crippen molar-refractivity contribution in [3.05, 3.63) is 0 Å². The van der Waals surface area contributed by atoms with Gasteiger partial charge in [-0.25, -0.2) is 0 Å². The van der Waals surface area contributed by atoms with Crippen LogP contribution in [0, 0.1) is 0 Å². The van der Waals surface area contributed by atoms with Crippen LogP contribution in [-0.2, 0) is 0 Å². The second-order valence-electron chi connectivity index (χ2n) is 5.15. The molecule has 0 aliphatic carbocycles. The van der Waals surface area contributed by atoms with E-state index in [-0.39, 0.29) is 0 Å². The van der Waals surface area contributed by atoms with E-state index in [2.05, 4.69) is 20.5 Å². The quantitative estimate of drug-likeness (QED) is 0.589. The van der Waals surface area contributed by atoms with Gasteiger partial charge in [-0.05, 0) is 0 Å². The van der Waals surface area contributed by atoms with Crippen LogP contribution in [0.4, 0.5) is 0 Å². The van der Waals surface area contributed by atoms with Gasteiger partial charge in [0.2, 0.25) is 0 Å². The van der Waals surface area contributed by atoms with Crippen molar-refractivity contribution in [3.63, 3.8) is 0 Å². The van der Waals surface area contributed by atoms with Crippen LogP contribution in [0.5, 0.6) is 0 Å². The minimum atomic E-state index is -1.09. The Labute approximate surface area is 78.1 Å². The summed E-state index contributed by atoms with van der Waals surface area (Å²) in [4.78, 5) is 0. The zero-order chi connectivity index (χ0) is 9.10. The molecular weight excluding hydrogens is 163 g/mol. The summed E-state index contributed by atoms with van der Waals surface area (Å²) in [5.74, 6) is 0. The molecule has 0 N–H and O–H groups in total. The average Bonchev–Trinajstić information content (AvgIpc) is 2.48. The first-order valence-corrected chi connectivity index (χ1v) is 9.05. The Morgan fingerprint density at radius 1 is 1.08 bits per heavy atom. The van der Waals surface area contributed by atoms with Crippen LogP contribution < -0.4 is 0 Å². The van der Waals surface area contributed by atoms with Gasteiger partial charge in [-0.15, -0.1) is 0 Å². The molecule has 0 bridgehead atoms. The number of rotatable bonds is 4.